The van der Waals surface area contributed by atoms with Crippen LogP contribution in [0.1, 0.15) is 18.2 Å². The molecule has 3 nitrogen and oxygen atoms in total. The maximum Gasteiger partial charge on any atom is 0.427 e. The van der Waals surface area contributed by atoms with E-state index in [2.05, 4.69) is 4.42 Å². The van der Waals surface area contributed by atoms with E-state index in [0.717, 1.165) is 6.07 Å². The van der Waals surface area contributed by atoms with Gasteiger partial charge in [-0.05, 0) is 13.8 Å². The third-order valence-electron chi connectivity index (χ3n) is 1.62. The molecular formula is C9H9F3O3. The molecule has 0 aliphatic carbocycles. The van der Waals surface area contributed by atoms with Gasteiger partial charge in [-0.15, -0.1) is 0 Å². The van der Waals surface area contributed by atoms with Crippen LogP contribution in [0.3, 0.4) is 0 Å². The van der Waals surface area contributed by atoms with Crippen LogP contribution < -0.4 is 10.4 Å². The normalized spacial score (nSPS) is 11.5. The van der Waals surface area contributed by atoms with Crippen molar-refractivity contribution in [3.8, 4) is 5.75 Å². The molecule has 1 heterocycles. The topological polar surface area (TPSA) is 39.4 Å². The molecule has 15 heavy (non-hydrogen) atoms. The van der Waals surface area contributed by atoms with Crippen molar-refractivity contribution < 1.29 is 22.3 Å². The van der Waals surface area contributed by atoms with Gasteiger partial charge in [0.2, 0.25) is 0 Å². The van der Waals surface area contributed by atoms with Gasteiger partial charge in [0, 0.05) is 6.07 Å². The number of aryl methyl sites for hydroxylation is 1. The summed E-state index contributed by atoms with van der Waals surface area (Å²) in [5.41, 5.74) is -2.82. The van der Waals surface area contributed by atoms with Crippen LogP contribution in [-0.4, -0.2) is 6.61 Å². The zero-order valence-corrected chi connectivity index (χ0v) is 8.14. The summed E-state index contributed by atoms with van der Waals surface area (Å²) in [5, 5.41) is 0. The molecule has 0 saturated heterocycles. The lowest BCUT2D eigenvalue weighted by atomic mass is 10.2. The van der Waals surface area contributed by atoms with Crippen LogP contribution in [-0.2, 0) is 6.18 Å². The van der Waals surface area contributed by atoms with Crippen molar-refractivity contribution in [2.24, 2.45) is 0 Å². The standard InChI is InChI=1S/C9H9F3O3/c1-3-14-6-4-5(2)15-8(13)7(6)9(10,11)12/h4H,3H2,1-2H3. The second-order valence-electron chi connectivity index (χ2n) is 2.81. The van der Waals surface area contributed by atoms with Gasteiger partial charge in [-0.2, -0.15) is 13.2 Å². The Bertz CT molecular complexity index is 406. The van der Waals surface area contributed by atoms with Gasteiger partial charge < -0.3 is 9.15 Å². The highest BCUT2D eigenvalue weighted by Gasteiger charge is 2.39. The Kier molecular flexibility index (Phi) is 3.06. The van der Waals surface area contributed by atoms with Gasteiger partial charge in [0.1, 0.15) is 11.5 Å². The summed E-state index contributed by atoms with van der Waals surface area (Å²) in [5.74, 6) is -0.407. The maximum absolute atomic E-state index is 12.4. The number of hydrogen-bond acceptors (Lipinski definition) is 3. The van der Waals surface area contributed by atoms with Gasteiger partial charge in [0.25, 0.3) is 0 Å². The number of alkyl halides is 3. The molecule has 1 rings (SSSR count). The van der Waals surface area contributed by atoms with Crippen LogP contribution in [0.25, 0.3) is 0 Å². The van der Waals surface area contributed by atoms with E-state index in [-0.39, 0.29) is 12.4 Å². The molecule has 0 spiro atoms. The van der Waals surface area contributed by atoms with Crippen molar-refractivity contribution in [3.63, 3.8) is 0 Å². The zero-order valence-electron chi connectivity index (χ0n) is 8.14. The van der Waals surface area contributed by atoms with Crippen molar-refractivity contribution >= 4 is 0 Å². The molecule has 0 aromatic carbocycles. The average molecular weight is 222 g/mol. The minimum atomic E-state index is -4.77. The summed E-state index contributed by atoms with van der Waals surface area (Å²) in [4.78, 5) is 11.0. The van der Waals surface area contributed by atoms with E-state index in [1.807, 2.05) is 0 Å². The van der Waals surface area contributed by atoms with Crippen molar-refractivity contribution in [2.75, 3.05) is 6.61 Å². The van der Waals surface area contributed by atoms with E-state index in [1.54, 1.807) is 0 Å². The third-order valence-corrected chi connectivity index (χ3v) is 1.62. The van der Waals surface area contributed by atoms with Gasteiger partial charge in [0.05, 0.1) is 6.61 Å². The van der Waals surface area contributed by atoms with Gasteiger partial charge in [-0.1, -0.05) is 0 Å². The molecule has 0 radical (unpaired) electrons. The summed E-state index contributed by atoms with van der Waals surface area (Å²) >= 11 is 0. The number of halogens is 3. The van der Waals surface area contributed by atoms with Crippen molar-refractivity contribution in [1.82, 2.24) is 0 Å². The third kappa shape index (κ3) is 2.51. The molecule has 84 valence electrons. The first-order valence-electron chi connectivity index (χ1n) is 4.21. The Morgan fingerprint density at radius 3 is 2.53 bits per heavy atom. The lowest BCUT2D eigenvalue weighted by Gasteiger charge is -2.11. The minimum Gasteiger partial charge on any atom is -0.493 e. The summed E-state index contributed by atoms with van der Waals surface area (Å²) in [6.07, 6.45) is -4.77. The molecule has 0 fully saturated rings. The van der Waals surface area contributed by atoms with Crippen LogP contribution in [0.2, 0.25) is 0 Å². The summed E-state index contributed by atoms with van der Waals surface area (Å²) < 4.78 is 46.4. The molecule has 0 amide bonds. The summed E-state index contributed by atoms with van der Waals surface area (Å²) in [7, 11) is 0. The maximum atomic E-state index is 12.4. The van der Waals surface area contributed by atoms with E-state index in [0.29, 0.717) is 0 Å². The molecule has 0 saturated carbocycles. The van der Waals surface area contributed by atoms with E-state index in [1.165, 1.54) is 13.8 Å². The van der Waals surface area contributed by atoms with Gasteiger partial charge >= 0.3 is 11.8 Å². The minimum absolute atomic E-state index is 0.0476. The SMILES string of the molecule is CCOc1cc(C)oc(=O)c1C(F)(F)F. The first kappa shape index (κ1) is 11.6. The summed E-state index contributed by atoms with van der Waals surface area (Å²) in [6.45, 7) is 2.96. The highest BCUT2D eigenvalue weighted by molar-refractivity contribution is 5.33. The first-order chi connectivity index (χ1) is 6.86. The molecule has 1 aromatic heterocycles. The van der Waals surface area contributed by atoms with Gasteiger partial charge in [-0.25, -0.2) is 4.79 Å². The van der Waals surface area contributed by atoms with Crippen LogP contribution >= 0.6 is 0 Å². The largest absolute Gasteiger partial charge is 0.493 e. The number of hydrogen-bond donors (Lipinski definition) is 0. The lowest BCUT2D eigenvalue weighted by Crippen LogP contribution is -2.20. The van der Waals surface area contributed by atoms with Crippen molar-refractivity contribution in [2.45, 2.75) is 20.0 Å². The molecule has 0 aliphatic heterocycles. The monoisotopic (exact) mass is 222 g/mol. The van der Waals surface area contributed by atoms with Crippen LogP contribution in [0, 0.1) is 6.92 Å². The number of ether oxygens (including phenoxy) is 1. The number of rotatable bonds is 2. The Morgan fingerprint density at radius 2 is 2.07 bits per heavy atom. The molecule has 0 unspecified atom stereocenters. The van der Waals surface area contributed by atoms with E-state index in [4.69, 9.17) is 4.74 Å². The molecule has 0 bridgehead atoms. The quantitative estimate of drug-likeness (QED) is 0.771. The average Bonchev–Trinajstić information content (AvgIpc) is 1.99. The van der Waals surface area contributed by atoms with Crippen LogP contribution in [0.15, 0.2) is 15.3 Å². The lowest BCUT2D eigenvalue weighted by molar-refractivity contribution is -0.141. The van der Waals surface area contributed by atoms with Crippen molar-refractivity contribution in [3.05, 3.63) is 27.8 Å². The fourth-order valence-corrected chi connectivity index (χ4v) is 1.11. The smallest absolute Gasteiger partial charge is 0.427 e. The highest BCUT2D eigenvalue weighted by atomic mass is 19.4. The first-order valence-corrected chi connectivity index (χ1v) is 4.21. The van der Waals surface area contributed by atoms with E-state index < -0.39 is 23.1 Å². The van der Waals surface area contributed by atoms with Crippen LogP contribution in [0.5, 0.6) is 5.75 Å². The molecule has 1 aromatic rings. The zero-order chi connectivity index (χ0) is 11.6. The highest BCUT2D eigenvalue weighted by Crippen LogP contribution is 2.33. The Morgan fingerprint density at radius 1 is 1.47 bits per heavy atom. The second kappa shape index (κ2) is 3.96. The Labute approximate surface area is 83.5 Å². The van der Waals surface area contributed by atoms with E-state index >= 15 is 0 Å². The Balaban J connectivity index is 3.40. The Hall–Kier alpha value is -1.46. The molecule has 0 atom stereocenters. The predicted octanol–water partition coefficient (Wildman–Crippen LogP) is 2.37. The second-order valence-corrected chi connectivity index (χ2v) is 2.81. The summed E-state index contributed by atoms with van der Waals surface area (Å²) in [6, 6.07) is 1.05. The fraction of sp³-hybridized carbons (Fsp3) is 0.444. The van der Waals surface area contributed by atoms with Crippen LogP contribution in [0.4, 0.5) is 13.2 Å². The molecule has 0 N–H and O–H groups in total. The molecule has 6 heteroatoms. The van der Waals surface area contributed by atoms with Gasteiger partial charge in [-0.3, -0.25) is 0 Å². The van der Waals surface area contributed by atoms with Crippen molar-refractivity contribution in [1.29, 1.82) is 0 Å². The van der Waals surface area contributed by atoms with E-state index in [9.17, 15) is 18.0 Å². The molecule has 0 aliphatic rings. The fourth-order valence-electron chi connectivity index (χ4n) is 1.11. The predicted molar refractivity (Wildman–Crippen MR) is 45.9 cm³/mol. The molecular weight excluding hydrogens is 213 g/mol. The van der Waals surface area contributed by atoms with Gasteiger partial charge in [0.15, 0.2) is 5.56 Å².